The minimum absolute atomic E-state index is 0.0400. The molecule has 1 saturated heterocycles. The van der Waals surface area contributed by atoms with E-state index in [0.717, 1.165) is 38.5 Å². The van der Waals surface area contributed by atoms with E-state index >= 15 is 0 Å². The van der Waals surface area contributed by atoms with Gasteiger partial charge < -0.3 is 14.9 Å². The van der Waals surface area contributed by atoms with Gasteiger partial charge in [0, 0.05) is 11.8 Å². The van der Waals surface area contributed by atoms with Crippen molar-refractivity contribution in [3.63, 3.8) is 0 Å². The van der Waals surface area contributed by atoms with Crippen LogP contribution in [-0.2, 0) is 9.53 Å². The van der Waals surface area contributed by atoms with Crippen molar-refractivity contribution in [1.82, 2.24) is 0 Å². The minimum Gasteiger partial charge on any atom is -0.461 e. The van der Waals surface area contributed by atoms with E-state index in [1.54, 1.807) is 0 Å². The molecule has 1 heterocycles. The number of rotatable bonds is 1. The van der Waals surface area contributed by atoms with Crippen LogP contribution >= 0.6 is 0 Å². The lowest BCUT2D eigenvalue weighted by Gasteiger charge is -2.67. The van der Waals surface area contributed by atoms with E-state index < -0.39 is 5.41 Å². The standard InChI is InChI=1S/C30H44O4/c1-17-13-30-15-23(34-25(30)33)27(4,16-31)14-19(30)18-7-8-21-28(5)12-10-22(32)26(2,3)20(28)9-11-29(21,6)24(17)18/h7-8,17,20-24,31-32H,9-16H2,1-6H3/t17-,20-,21+,22+,23+,24-,27-,28-,29-,30-/m0/s1. The SMILES string of the molecule is C[C@H]1C[C@@]23C[C@@H](OC2=O)[C@](C)(CO)CC3=C2C=C[C@H]3[C@](C)(CC[C@H]4C(C)(C)[C@H](O)CC[C@]34C)[C@H]21. The molecule has 1 aliphatic heterocycles. The zero-order chi connectivity index (χ0) is 24.5. The summed E-state index contributed by atoms with van der Waals surface area (Å²) in [5, 5.41) is 21.2. The Balaban J connectivity index is 1.50. The lowest BCUT2D eigenvalue weighted by atomic mass is 9.37. The van der Waals surface area contributed by atoms with Crippen molar-refractivity contribution < 1.29 is 19.7 Å². The van der Waals surface area contributed by atoms with Crippen LogP contribution in [0.15, 0.2) is 23.3 Å². The highest BCUT2D eigenvalue weighted by atomic mass is 16.6. The molecule has 10 atom stereocenters. The normalized spacial score (nSPS) is 55.1. The van der Waals surface area contributed by atoms with Crippen molar-refractivity contribution in [2.75, 3.05) is 6.61 Å². The van der Waals surface area contributed by atoms with Gasteiger partial charge in [0.15, 0.2) is 0 Å². The molecule has 4 heteroatoms. The molecule has 6 aliphatic rings. The van der Waals surface area contributed by atoms with Crippen LogP contribution in [0.3, 0.4) is 0 Å². The lowest BCUT2D eigenvalue weighted by Crippen LogP contribution is -2.61. The first-order valence-corrected chi connectivity index (χ1v) is 13.8. The first-order valence-electron chi connectivity index (χ1n) is 13.8. The van der Waals surface area contributed by atoms with Crippen molar-refractivity contribution in [2.45, 2.75) is 98.7 Å². The average Bonchev–Trinajstić information content (AvgIpc) is 3.05. The number of carbonyl (C=O) groups excluding carboxylic acids is 1. The van der Waals surface area contributed by atoms with E-state index in [4.69, 9.17) is 4.74 Å². The third-order valence-corrected chi connectivity index (χ3v) is 12.5. The van der Waals surface area contributed by atoms with Gasteiger partial charge in [-0.1, -0.05) is 53.7 Å². The summed E-state index contributed by atoms with van der Waals surface area (Å²) in [4.78, 5) is 13.4. The number of allylic oxidation sites excluding steroid dienone is 3. The van der Waals surface area contributed by atoms with Crippen LogP contribution in [0.25, 0.3) is 0 Å². The van der Waals surface area contributed by atoms with Gasteiger partial charge in [-0.3, -0.25) is 4.79 Å². The van der Waals surface area contributed by atoms with Crippen LogP contribution in [0.1, 0.15) is 86.5 Å². The molecule has 0 aromatic rings. The van der Waals surface area contributed by atoms with Crippen LogP contribution in [0.2, 0.25) is 0 Å². The largest absolute Gasteiger partial charge is 0.461 e. The zero-order valence-electron chi connectivity index (χ0n) is 22.0. The lowest BCUT2D eigenvalue weighted by molar-refractivity contribution is -0.172. The van der Waals surface area contributed by atoms with Gasteiger partial charge in [-0.15, -0.1) is 0 Å². The summed E-state index contributed by atoms with van der Waals surface area (Å²) in [5.41, 5.74) is 2.09. The monoisotopic (exact) mass is 468 g/mol. The Morgan fingerprint density at radius 1 is 1.06 bits per heavy atom. The Morgan fingerprint density at radius 3 is 2.47 bits per heavy atom. The van der Waals surface area contributed by atoms with Gasteiger partial charge in [0.05, 0.1) is 18.1 Å². The highest BCUT2D eigenvalue weighted by Gasteiger charge is 2.68. The van der Waals surface area contributed by atoms with E-state index in [9.17, 15) is 15.0 Å². The predicted octanol–water partition coefficient (Wildman–Crippen LogP) is 5.43. The second-order valence-electron chi connectivity index (χ2n) is 14.6. The summed E-state index contributed by atoms with van der Waals surface area (Å²) < 4.78 is 5.95. The zero-order valence-corrected chi connectivity index (χ0v) is 22.0. The number of carbonyl (C=O) groups is 1. The highest BCUT2D eigenvalue weighted by Crippen LogP contribution is 2.72. The summed E-state index contributed by atoms with van der Waals surface area (Å²) in [6.45, 7) is 14.1. The third kappa shape index (κ3) is 2.55. The molecule has 5 aliphatic carbocycles. The number of ether oxygens (including phenoxy) is 1. The summed E-state index contributed by atoms with van der Waals surface area (Å²) >= 11 is 0. The Morgan fingerprint density at radius 2 is 1.76 bits per heavy atom. The van der Waals surface area contributed by atoms with Crippen LogP contribution in [0.4, 0.5) is 0 Å². The van der Waals surface area contributed by atoms with Gasteiger partial charge in [-0.05, 0) is 89.6 Å². The first kappa shape index (κ1) is 23.3. The van der Waals surface area contributed by atoms with E-state index in [-0.39, 0.29) is 46.4 Å². The average molecular weight is 469 g/mol. The van der Waals surface area contributed by atoms with Gasteiger partial charge in [0.1, 0.15) is 6.10 Å². The second kappa shape index (κ2) is 6.79. The van der Waals surface area contributed by atoms with Crippen molar-refractivity contribution in [1.29, 1.82) is 0 Å². The van der Waals surface area contributed by atoms with Gasteiger partial charge in [-0.2, -0.15) is 0 Å². The molecule has 4 nitrogen and oxygen atoms in total. The second-order valence-corrected chi connectivity index (χ2v) is 14.6. The van der Waals surface area contributed by atoms with Crippen LogP contribution in [0, 0.1) is 50.7 Å². The molecular weight excluding hydrogens is 424 g/mol. The fraction of sp³-hybridized carbons (Fsp3) is 0.833. The molecule has 2 bridgehead atoms. The van der Waals surface area contributed by atoms with Gasteiger partial charge >= 0.3 is 5.97 Å². The van der Waals surface area contributed by atoms with Crippen molar-refractivity contribution in [3.05, 3.63) is 23.3 Å². The Bertz CT molecular complexity index is 994. The van der Waals surface area contributed by atoms with Crippen LogP contribution in [-0.4, -0.2) is 35.0 Å². The minimum atomic E-state index is -0.476. The summed E-state index contributed by atoms with van der Waals surface area (Å²) in [7, 11) is 0. The fourth-order valence-electron chi connectivity index (χ4n) is 10.7. The number of aliphatic hydroxyl groups is 2. The van der Waals surface area contributed by atoms with Crippen LogP contribution in [0.5, 0.6) is 0 Å². The van der Waals surface area contributed by atoms with E-state index in [0.29, 0.717) is 23.7 Å². The molecule has 188 valence electrons. The molecule has 3 saturated carbocycles. The molecule has 0 aromatic heterocycles. The van der Waals surface area contributed by atoms with E-state index in [1.165, 1.54) is 17.6 Å². The molecule has 34 heavy (non-hydrogen) atoms. The Labute approximate surface area is 205 Å². The number of esters is 1. The maximum atomic E-state index is 13.4. The molecule has 6 rings (SSSR count). The van der Waals surface area contributed by atoms with Gasteiger partial charge in [0.25, 0.3) is 0 Å². The smallest absolute Gasteiger partial charge is 0.316 e. The molecule has 0 radical (unpaired) electrons. The predicted molar refractivity (Wildman–Crippen MR) is 132 cm³/mol. The first-order chi connectivity index (χ1) is 15.8. The quantitative estimate of drug-likeness (QED) is 0.504. The molecule has 0 aromatic carbocycles. The van der Waals surface area contributed by atoms with Crippen molar-refractivity contribution >= 4 is 5.97 Å². The third-order valence-electron chi connectivity index (χ3n) is 12.5. The van der Waals surface area contributed by atoms with Crippen molar-refractivity contribution in [3.8, 4) is 0 Å². The van der Waals surface area contributed by atoms with Gasteiger partial charge in [-0.25, -0.2) is 0 Å². The topological polar surface area (TPSA) is 66.8 Å². The molecular formula is C30H44O4. The molecule has 0 unspecified atom stereocenters. The summed E-state index contributed by atoms with van der Waals surface area (Å²) in [6.07, 6.45) is 11.2. The Hall–Kier alpha value is -1.13. The highest BCUT2D eigenvalue weighted by molar-refractivity contribution is 5.85. The summed E-state index contributed by atoms with van der Waals surface area (Å²) in [6, 6.07) is 0. The molecule has 1 spiro atoms. The molecule has 2 N–H and O–H groups in total. The fourth-order valence-corrected chi connectivity index (χ4v) is 10.7. The van der Waals surface area contributed by atoms with Gasteiger partial charge in [0.2, 0.25) is 0 Å². The summed E-state index contributed by atoms with van der Waals surface area (Å²) in [5.74, 6) is 1.81. The number of hydrogen-bond acceptors (Lipinski definition) is 4. The maximum absolute atomic E-state index is 13.4. The molecule has 4 fully saturated rings. The van der Waals surface area contributed by atoms with E-state index in [1.807, 2.05) is 0 Å². The Kier molecular flexibility index (Phi) is 4.65. The van der Waals surface area contributed by atoms with Crippen LogP contribution < -0.4 is 0 Å². The van der Waals surface area contributed by atoms with E-state index in [2.05, 4.69) is 53.7 Å². The number of aliphatic hydroxyl groups excluding tert-OH is 2. The molecule has 0 amide bonds. The maximum Gasteiger partial charge on any atom is 0.316 e. The number of fused-ring (bicyclic) bond motifs is 6. The van der Waals surface area contributed by atoms with Crippen molar-refractivity contribution in [2.24, 2.45) is 50.7 Å². The number of hydrogen-bond donors (Lipinski definition) is 2.